The highest BCUT2D eigenvalue weighted by Gasteiger charge is 2.54. The zero-order valence-corrected chi connectivity index (χ0v) is 18.4. The third-order valence-electron chi connectivity index (χ3n) is 7.19. The lowest BCUT2D eigenvalue weighted by molar-refractivity contribution is -0.128. The Morgan fingerprint density at radius 3 is 2.52 bits per heavy atom. The number of benzene rings is 2. The summed E-state index contributed by atoms with van der Waals surface area (Å²) >= 11 is 3.54. The molecule has 4 heteroatoms. The van der Waals surface area contributed by atoms with E-state index in [1.54, 1.807) is 0 Å². The zero-order valence-electron chi connectivity index (χ0n) is 16.9. The molecule has 0 saturated heterocycles. The van der Waals surface area contributed by atoms with E-state index in [0.717, 1.165) is 23.7 Å². The third kappa shape index (κ3) is 2.76. The molecule has 1 aromatic heterocycles. The van der Waals surface area contributed by atoms with Crippen molar-refractivity contribution in [3.63, 3.8) is 0 Å². The number of aromatic nitrogens is 2. The standard InChI is InChI=1S/C25H25BrN2O/c1-16-21-13-12-20-23(17-8-10-19(26)11-9-17)28(2)27-24(20)25(21,15-14-22(16)29)18-6-4-3-5-7-18/h3-11,16,21H,12-15H2,1-2H3/t16-,21-,25+/m0/s1. The van der Waals surface area contributed by atoms with Crippen LogP contribution in [0.1, 0.15) is 43.0 Å². The molecule has 3 nitrogen and oxygen atoms in total. The van der Waals surface area contributed by atoms with Crippen molar-refractivity contribution in [2.24, 2.45) is 18.9 Å². The number of Topliss-reactive ketones (excluding diaryl/α,β-unsaturated/α-hetero) is 1. The topological polar surface area (TPSA) is 34.9 Å². The first-order valence-corrected chi connectivity index (χ1v) is 11.2. The van der Waals surface area contributed by atoms with Gasteiger partial charge in [-0.05, 0) is 42.9 Å². The minimum atomic E-state index is -0.173. The van der Waals surface area contributed by atoms with Gasteiger partial charge in [0.25, 0.3) is 0 Å². The molecule has 1 saturated carbocycles. The quantitative estimate of drug-likeness (QED) is 0.503. The molecule has 0 aliphatic heterocycles. The van der Waals surface area contributed by atoms with E-state index in [1.165, 1.54) is 28.1 Å². The van der Waals surface area contributed by atoms with Gasteiger partial charge in [-0.25, -0.2) is 0 Å². The summed E-state index contributed by atoms with van der Waals surface area (Å²) in [5.41, 5.74) is 6.10. The Kier molecular flexibility index (Phi) is 4.50. The Labute approximate surface area is 180 Å². The van der Waals surface area contributed by atoms with Crippen LogP contribution in [-0.4, -0.2) is 15.6 Å². The summed E-state index contributed by atoms with van der Waals surface area (Å²) in [4.78, 5) is 12.6. The zero-order chi connectivity index (χ0) is 20.2. The summed E-state index contributed by atoms with van der Waals surface area (Å²) in [5.74, 6) is 0.802. The number of nitrogens with zero attached hydrogens (tertiary/aromatic N) is 2. The van der Waals surface area contributed by atoms with E-state index in [0.29, 0.717) is 18.1 Å². The predicted molar refractivity (Wildman–Crippen MR) is 119 cm³/mol. The average molecular weight is 449 g/mol. The van der Waals surface area contributed by atoms with E-state index in [9.17, 15) is 4.79 Å². The van der Waals surface area contributed by atoms with Crippen LogP contribution in [0.2, 0.25) is 0 Å². The fraction of sp³-hybridized carbons (Fsp3) is 0.360. The van der Waals surface area contributed by atoms with Crippen LogP contribution in [-0.2, 0) is 23.7 Å². The number of rotatable bonds is 2. The molecular weight excluding hydrogens is 424 g/mol. The normalized spacial score (nSPS) is 26.1. The van der Waals surface area contributed by atoms with E-state index in [2.05, 4.69) is 89.2 Å². The van der Waals surface area contributed by atoms with Crippen LogP contribution in [0.15, 0.2) is 59.1 Å². The van der Waals surface area contributed by atoms with Gasteiger partial charge in [-0.2, -0.15) is 5.10 Å². The summed E-state index contributed by atoms with van der Waals surface area (Å²) < 4.78 is 3.14. The van der Waals surface area contributed by atoms with Crippen LogP contribution in [0.25, 0.3) is 11.3 Å². The van der Waals surface area contributed by atoms with Crippen LogP contribution in [0.5, 0.6) is 0 Å². The number of halogens is 1. The van der Waals surface area contributed by atoms with E-state index >= 15 is 0 Å². The maximum atomic E-state index is 12.6. The molecule has 5 rings (SSSR count). The summed E-state index contributed by atoms with van der Waals surface area (Å²) in [6.07, 6.45) is 3.50. The lowest BCUT2D eigenvalue weighted by atomic mass is 9.53. The molecule has 0 N–H and O–H groups in total. The number of fused-ring (bicyclic) bond motifs is 3. The number of carbonyl (C=O) groups is 1. The smallest absolute Gasteiger partial charge is 0.136 e. The molecule has 2 aliphatic rings. The third-order valence-corrected chi connectivity index (χ3v) is 7.72. The first-order valence-electron chi connectivity index (χ1n) is 10.4. The number of ketones is 1. The largest absolute Gasteiger partial charge is 0.299 e. The van der Waals surface area contributed by atoms with Crippen molar-refractivity contribution in [1.29, 1.82) is 0 Å². The second-order valence-corrected chi connectivity index (χ2v) is 9.46. The molecule has 1 fully saturated rings. The van der Waals surface area contributed by atoms with Gasteiger partial charge in [0.15, 0.2) is 0 Å². The molecule has 29 heavy (non-hydrogen) atoms. The Balaban J connectivity index is 1.75. The number of aryl methyl sites for hydroxylation is 1. The molecule has 1 heterocycles. The van der Waals surface area contributed by atoms with Gasteiger partial charge in [0.05, 0.1) is 11.4 Å². The van der Waals surface area contributed by atoms with Gasteiger partial charge in [0, 0.05) is 40.4 Å². The molecule has 0 unspecified atom stereocenters. The van der Waals surface area contributed by atoms with Crippen molar-refractivity contribution < 1.29 is 4.79 Å². The summed E-state index contributed by atoms with van der Waals surface area (Å²) in [6, 6.07) is 19.3. The Bertz CT molecular complexity index is 1070. The molecule has 2 aromatic carbocycles. The second kappa shape index (κ2) is 6.94. The first-order chi connectivity index (χ1) is 14.0. The molecule has 3 atom stereocenters. The number of hydrogen-bond acceptors (Lipinski definition) is 2. The summed E-state index contributed by atoms with van der Waals surface area (Å²) in [6.45, 7) is 2.13. The maximum absolute atomic E-state index is 12.6. The van der Waals surface area contributed by atoms with Gasteiger partial charge in [-0.3, -0.25) is 9.48 Å². The first kappa shape index (κ1) is 18.8. The van der Waals surface area contributed by atoms with Gasteiger partial charge in [-0.15, -0.1) is 0 Å². The Morgan fingerprint density at radius 2 is 1.79 bits per heavy atom. The van der Waals surface area contributed by atoms with Crippen molar-refractivity contribution in [2.45, 2.75) is 38.0 Å². The van der Waals surface area contributed by atoms with Crippen LogP contribution in [0.3, 0.4) is 0 Å². The molecule has 0 radical (unpaired) electrons. The summed E-state index contributed by atoms with van der Waals surface area (Å²) in [5, 5.41) is 5.14. The lowest BCUT2D eigenvalue weighted by Crippen LogP contribution is -2.49. The van der Waals surface area contributed by atoms with Gasteiger partial charge in [-0.1, -0.05) is 65.3 Å². The van der Waals surface area contributed by atoms with Crippen molar-refractivity contribution in [1.82, 2.24) is 9.78 Å². The van der Waals surface area contributed by atoms with Crippen LogP contribution >= 0.6 is 15.9 Å². The van der Waals surface area contributed by atoms with Crippen molar-refractivity contribution in [2.75, 3.05) is 0 Å². The molecule has 0 spiro atoms. The maximum Gasteiger partial charge on any atom is 0.136 e. The van der Waals surface area contributed by atoms with E-state index in [1.807, 2.05) is 0 Å². The average Bonchev–Trinajstić information content (AvgIpc) is 3.08. The highest BCUT2D eigenvalue weighted by molar-refractivity contribution is 9.10. The monoisotopic (exact) mass is 448 g/mol. The van der Waals surface area contributed by atoms with Crippen molar-refractivity contribution >= 4 is 21.7 Å². The molecule has 148 valence electrons. The molecule has 2 aliphatic carbocycles. The Morgan fingerprint density at radius 1 is 1.07 bits per heavy atom. The lowest BCUT2D eigenvalue weighted by Gasteiger charge is -2.49. The van der Waals surface area contributed by atoms with Crippen LogP contribution < -0.4 is 0 Å². The van der Waals surface area contributed by atoms with Crippen LogP contribution in [0, 0.1) is 11.8 Å². The van der Waals surface area contributed by atoms with Crippen LogP contribution in [0.4, 0.5) is 0 Å². The number of hydrogen-bond donors (Lipinski definition) is 0. The van der Waals surface area contributed by atoms with E-state index < -0.39 is 0 Å². The number of carbonyl (C=O) groups excluding carboxylic acids is 1. The molecule has 3 aromatic rings. The second-order valence-electron chi connectivity index (χ2n) is 8.54. The summed E-state index contributed by atoms with van der Waals surface area (Å²) in [7, 11) is 2.06. The molecular formula is C25H25BrN2O. The molecule has 0 bridgehead atoms. The van der Waals surface area contributed by atoms with E-state index in [4.69, 9.17) is 5.10 Å². The van der Waals surface area contributed by atoms with Crippen molar-refractivity contribution in [3.8, 4) is 11.3 Å². The van der Waals surface area contributed by atoms with Gasteiger partial charge >= 0.3 is 0 Å². The molecule has 0 amide bonds. The van der Waals surface area contributed by atoms with E-state index in [-0.39, 0.29) is 11.3 Å². The fourth-order valence-corrected chi connectivity index (χ4v) is 6.10. The SMILES string of the molecule is C[C@@H]1C(=O)CC[C@]2(c3ccccc3)c3nn(C)c(-c4ccc(Br)cc4)c3CC[C@@H]12. The minimum absolute atomic E-state index is 0.0789. The van der Waals surface area contributed by atoms with Gasteiger partial charge < -0.3 is 0 Å². The predicted octanol–water partition coefficient (Wildman–Crippen LogP) is 5.70. The van der Waals surface area contributed by atoms with Gasteiger partial charge in [0.1, 0.15) is 5.78 Å². The van der Waals surface area contributed by atoms with Gasteiger partial charge in [0.2, 0.25) is 0 Å². The minimum Gasteiger partial charge on any atom is -0.299 e. The highest BCUT2D eigenvalue weighted by Crippen LogP contribution is 2.55. The Hall–Kier alpha value is -2.20. The fourth-order valence-electron chi connectivity index (χ4n) is 5.84. The van der Waals surface area contributed by atoms with Crippen molar-refractivity contribution in [3.05, 3.63) is 75.9 Å². The highest BCUT2D eigenvalue weighted by atomic mass is 79.9.